The number of rotatable bonds is 3. The van der Waals surface area contributed by atoms with Crippen LogP contribution >= 0.6 is 0 Å². The van der Waals surface area contributed by atoms with Gasteiger partial charge in [0.25, 0.3) is 0 Å². The van der Waals surface area contributed by atoms with Crippen LogP contribution in [0.4, 0.5) is 0 Å². The van der Waals surface area contributed by atoms with E-state index in [4.69, 9.17) is 4.74 Å². The highest BCUT2D eigenvalue weighted by molar-refractivity contribution is 5.19. The first-order valence-electron chi connectivity index (χ1n) is 8.12. The lowest BCUT2D eigenvalue weighted by molar-refractivity contribution is -0.932. The van der Waals surface area contributed by atoms with Crippen LogP contribution in [0.5, 0.6) is 0 Å². The second-order valence-corrected chi connectivity index (χ2v) is 7.62. The zero-order chi connectivity index (χ0) is 14.8. The first-order chi connectivity index (χ1) is 9.35. The quantitative estimate of drug-likeness (QED) is 0.384. The molecule has 1 aliphatic heterocycles. The van der Waals surface area contributed by atoms with Crippen LogP contribution in [0.25, 0.3) is 0 Å². The Morgan fingerprint density at radius 1 is 1.33 bits per heavy atom. The topological polar surface area (TPSA) is 9.23 Å². The van der Waals surface area contributed by atoms with Gasteiger partial charge in [-0.3, -0.25) is 0 Å². The fourth-order valence-electron chi connectivity index (χ4n) is 3.63. The van der Waals surface area contributed by atoms with E-state index in [1.807, 2.05) is 0 Å². The predicted molar refractivity (Wildman–Crippen MR) is 85.6 cm³/mol. The molecule has 0 aromatic carbocycles. The maximum absolute atomic E-state index is 5.51. The van der Waals surface area contributed by atoms with E-state index in [0.29, 0.717) is 17.4 Å². The van der Waals surface area contributed by atoms with Crippen molar-refractivity contribution in [1.29, 1.82) is 0 Å². The SMILES string of the molecule is CC1=CCCC(C)(C)C1C=CC(C)[N+]1(C)CCOCC1.[I-]. The number of morpholine rings is 1. The Hall–Kier alpha value is 0.130. The predicted octanol–water partition coefficient (Wildman–Crippen LogP) is 0.794. The number of hydrogen-bond donors (Lipinski definition) is 0. The number of hydrogen-bond acceptors (Lipinski definition) is 1. The maximum Gasteiger partial charge on any atom is 0.105 e. The summed E-state index contributed by atoms with van der Waals surface area (Å²) in [5, 5.41) is 0. The zero-order valence-corrected chi connectivity index (χ0v) is 16.5. The van der Waals surface area contributed by atoms with Gasteiger partial charge in [0, 0.05) is 5.92 Å². The standard InChI is InChI=1S/C18H32NO.HI/c1-15-7-6-10-18(3,4)17(15)9-8-16(2)19(5)11-13-20-14-12-19;/h7-9,16-17H,6,10-14H2,1-5H3;1H/q+1;/p-1. The molecule has 0 amide bonds. The van der Waals surface area contributed by atoms with Crippen molar-refractivity contribution in [3.05, 3.63) is 23.8 Å². The minimum Gasteiger partial charge on any atom is -1.00 e. The third kappa shape index (κ3) is 4.55. The second kappa shape index (κ2) is 7.60. The summed E-state index contributed by atoms with van der Waals surface area (Å²) in [5.74, 6) is 0.603. The van der Waals surface area contributed by atoms with Gasteiger partial charge in [0.05, 0.1) is 20.3 Å². The molecule has 2 aliphatic rings. The van der Waals surface area contributed by atoms with Gasteiger partial charge in [-0.15, -0.1) is 0 Å². The van der Waals surface area contributed by atoms with Gasteiger partial charge in [-0.25, -0.2) is 0 Å². The van der Waals surface area contributed by atoms with Crippen molar-refractivity contribution in [1.82, 2.24) is 0 Å². The number of nitrogens with zero attached hydrogens (tertiary/aromatic N) is 1. The summed E-state index contributed by atoms with van der Waals surface area (Å²) in [4.78, 5) is 0. The number of allylic oxidation sites excluding steroid dienone is 3. The van der Waals surface area contributed by atoms with Gasteiger partial charge in [0.15, 0.2) is 0 Å². The average Bonchev–Trinajstić information content (AvgIpc) is 2.38. The Bertz CT molecular complexity index is 394. The van der Waals surface area contributed by atoms with Crippen molar-refractivity contribution in [2.24, 2.45) is 11.3 Å². The number of quaternary nitrogens is 1. The largest absolute Gasteiger partial charge is 1.00 e. The summed E-state index contributed by atoms with van der Waals surface area (Å²) in [7, 11) is 2.37. The number of likely N-dealkylation sites (N-methyl/N-ethyl adjacent to an activating group) is 1. The van der Waals surface area contributed by atoms with Gasteiger partial charge in [0.1, 0.15) is 19.1 Å². The average molecular weight is 405 g/mol. The Labute approximate surface area is 148 Å². The number of ether oxygens (including phenoxy) is 1. The summed E-state index contributed by atoms with van der Waals surface area (Å²) < 4.78 is 6.63. The molecule has 0 aromatic rings. The fourth-order valence-corrected chi connectivity index (χ4v) is 3.63. The molecule has 2 atom stereocenters. The molecule has 1 saturated heterocycles. The van der Waals surface area contributed by atoms with Crippen LogP contribution in [-0.2, 0) is 4.74 Å². The lowest BCUT2D eigenvalue weighted by Gasteiger charge is -2.42. The van der Waals surface area contributed by atoms with Gasteiger partial charge in [-0.2, -0.15) is 0 Å². The van der Waals surface area contributed by atoms with Crippen LogP contribution in [0.1, 0.15) is 40.5 Å². The Morgan fingerprint density at radius 2 is 1.95 bits per heavy atom. The van der Waals surface area contributed by atoms with Crippen molar-refractivity contribution in [3.63, 3.8) is 0 Å². The monoisotopic (exact) mass is 405 g/mol. The van der Waals surface area contributed by atoms with Crippen LogP contribution in [0.2, 0.25) is 0 Å². The Kier molecular flexibility index (Phi) is 6.94. The zero-order valence-electron chi connectivity index (χ0n) is 14.4. The third-order valence-electron chi connectivity index (χ3n) is 5.65. The molecule has 122 valence electrons. The first kappa shape index (κ1) is 19.2. The first-order valence-corrected chi connectivity index (χ1v) is 8.12. The fraction of sp³-hybridized carbons (Fsp3) is 0.778. The summed E-state index contributed by atoms with van der Waals surface area (Å²) in [6, 6.07) is 0.574. The summed E-state index contributed by atoms with van der Waals surface area (Å²) >= 11 is 0. The van der Waals surface area contributed by atoms with E-state index >= 15 is 0 Å². The van der Waals surface area contributed by atoms with E-state index in [0.717, 1.165) is 30.8 Å². The van der Waals surface area contributed by atoms with Crippen molar-refractivity contribution >= 4 is 0 Å². The molecular formula is C18H32INO. The lowest BCUT2D eigenvalue weighted by Crippen LogP contribution is -3.00. The van der Waals surface area contributed by atoms with Crippen LogP contribution in [0, 0.1) is 11.3 Å². The number of halogens is 1. The Morgan fingerprint density at radius 3 is 2.52 bits per heavy atom. The van der Waals surface area contributed by atoms with Crippen molar-refractivity contribution in [3.8, 4) is 0 Å². The third-order valence-corrected chi connectivity index (χ3v) is 5.65. The molecule has 0 spiro atoms. The lowest BCUT2D eigenvalue weighted by atomic mass is 9.68. The molecule has 0 bridgehead atoms. The maximum atomic E-state index is 5.51. The molecule has 21 heavy (non-hydrogen) atoms. The van der Waals surface area contributed by atoms with Crippen molar-refractivity contribution in [2.75, 3.05) is 33.4 Å². The molecule has 3 heteroatoms. The summed E-state index contributed by atoms with van der Waals surface area (Å²) in [6.07, 6.45) is 9.91. The van der Waals surface area contributed by atoms with Crippen LogP contribution in [0.15, 0.2) is 23.8 Å². The highest BCUT2D eigenvalue weighted by Crippen LogP contribution is 2.41. The molecule has 2 rings (SSSR count). The minimum absolute atomic E-state index is 0. The van der Waals surface area contributed by atoms with E-state index in [1.165, 1.54) is 12.8 Å². The van der Waals surface area contributed by atoms with E-state index in [-0.39, 0.29) is 24.0 Å². The van der Waals surface area contributed by atoms with Crippen LogP contribution in [-0.4, -0.2) is 43.9 Å². The molecular weight excluding hydrogens is 373 g/mol. The van der Waals surface area contributed by atoms with Crippen LogP contribution < -0.4 is 24.0 Å². The van der Waals surface area contributed by atoms with Gasteiger partial charge in [0.2, 0.25) is 0 Å². The molecule has 0 N–H and O–H groups in total. The molecule has 1 heterocycles. The van der Waals surface area contributed by atoms with Gasteiger partial charge in [-0.1, -0.05) is 31.6 Å². The van der Waals surface area contributed by atoms with Gasteiger partial charge >= 0.3 is 0 Å². The van der Waals surface area contributed by atoms with Gasteiger partial charge < -0.3 is 33.2 Å². The second-order valence-electron chi connectivity index (χ2n) is 7.62. The van der Waals surface area contributed by atoms with Crippen molar-refractivity contribution in [2.45, 2.75) is 46.6 Å². The molecule has 1 fully saturated rings. The smallest absolute Gasteiger partial charge is 0.105 e. The molecule has 0 radical (unpaired) electrons. The van der Waals surface area contributed by atoms with E-state index < -0.39 is 0 Å². The summed E-state index contributed by atoms with van der Waals surface area (Å²) in [5.41, 5.74) is 1.95. The van der Waals surface area contributed by atoms with E-state index in [1.54, 1.807) is 5.57 Å². The molecule has 2 unspecified atom stereocenters. The molecule has 2 nitrogen and oxygen atoms in total. The highest BCUT2D eigenvalue weighted by atomic mass is 127. The Balaban J connectivity index is 0.00000220. The van der Waals surface area contributed by atoms with Gasteiger partial charge in [-0.05, 0) is 38.2 Å². The van der Waals surface area contributed by atoms with E-state index in [9.17, 15) is 0 Å². The molecule has 0 saturated carbocycles. The highest BCUT2D eigenvalue weighted by Gasteiger charge is 2.33. The normalized spacial score (nSPS) is 29.6. The summed E-state index contributed by atoms with van der Waals surface area (Å²) in [6.45, 7) is 13.6. The molecule has 1 aliphatic carbocycles. The minimum atomic E-state index is 0. The van der Waals surface area contributed by atoms with Crippen molar-refractivity contribution < 1.29 is 33.2 Å². The van der Waals surface area contributed by atoms with Crippen LogP contribution in [0.3, 0.4) is 0 Å². The molecule has 0 aromatic heterocycles. The van der Waals surface area contributed by atoms with E-state index in [2.05, 4.69) is 53.0 Å².